The summed E-state index contributed by atoms with van der Waals surface area (Å²) in [6.45, 7) is -0.261. The molecule has 2 aliphatic carbocycles. The van der Waals surface area contributed by atoms with Gasteiger partial charge in [0.05, 0.1) is 29.2 Å². The predicted molar refractivity (Wildman–Crippen MR) is 99.2 cm³/mol. The van der Waals surface area contributed by atoms with Crippen LogP contribution in [0.3, 0.4) is 0 Å². The van der Waals surface area contributed by atoms with E-state index in [0.29, 0.717) is 10.9 Å². The lowest BCUT2D eigenvalue weighted by molar-refractivity contribution is -0.143. The van der Waals surface area contributed by atoms with Gasteiger partial charge in [-0.05, 0) is 36.5 Å². The molecule has 2 fully saturated rings. The molecule has 138 valence electrons. The number of imide groups is 1. The van der Waals surface area contributed by atoms with Crippen molar-refractivity contribution in [2.75, 3.05) is 19.0 Å². The second kappa shape index (κ2) is 5.88. The average molecular weight is 383 g/mol. The molecule has 4 atom stereocenters. The van der Waals surface area contributed by atoms with Crippen LogP contribution in [0, 0.1) is 23.7 Å². The van der Waals surface area contributed by atoms with Gasteiger partial charge in [-0.15, -0.1) is 0 Å². The number of nitrogens with zero attached hydrogens (tertiary/aromatic N) is 2. The first-order chi connectivity index (χ1) is 13.0. The largest absolute Gasteiger partial charge is 0.497 e. The van der Waals surface area contributed by atoms with Crippen molar-refractivity contribution in [1.29, 1.82) is 0 Å². The molecule has 2 bridgehead atoms. The van der Waals surface area contributed by atoms with Crippen LogP contribution in [-0.4, -0.2) is 41.3 Å². The number of rotatable bonds is 4. The van der Waals surface area contributed by atoms with Gasteiger partial charge in [-0.3, -0.25) is 19.3 Å². The fourth-order valence-electron chi connectivity index (χ4n) is 4.51. The number of aromatic nitrogens is 1. The van der Waals surface area contributed by atoms with Crippen LogP contribution in [0.5, 0.6) is 5.75 Å². The molecule has 1 N–H and O–H groups in total. The first-order valence-electron chi connectivity index (χ1n) is 8.83. The van der Waals surface area contributed by atoms with Crippen molar-refractivity contribution in [3.05, 3.63) is 30.4 Å². The van der Waals surface area contributed by atoms with E-state index in [4.69, 9.17) is 4.74 Å². The molecular formula is C19H17N3O4S. The zero-order valence-electron chi connectivity index (χ0n) is 14.5. The SMILES string of the molecule is COc1ccc2nc(NC(=O)CN3C(=O)C4C5C=CC(C5)C4C3=O)sc2c1. The van der Waals surface area contributed by atoms with E-state index in [9.17, 15) is 14.4 Å². The number of hydrogen-bond donors (Lipinski definition) is 1. The second-order valence-corrected chi connectivity index (χ2v) is 8.19. The number of likely N-dealkylation sites (tertiary alicyclic amines) is 1. The van der Waals surface area contributed by atoms with Crippen LogP contribution in [0.15, 0.2) is 30.4 Å². The molecule has 3 amide bonds. The maximum Gasteiger partial charge on any atom is 0.246 e. The van der Waals surface area contributed by atoms with Gasteiger partial charge in [0, 0.05) is 0 Å². The number of amides is 3. The fourth-order valence-corrected chi connectivity index (χ4v) is 5.42. The summed E-state index contributed by atoms with van der Waals surface area (Å²) in [5.41, 5.74) is 0.751. The van der Waals surface area contributed by atoms with Gasteiger partial charge in [-0.25, -0.2) is 4.98 Å². The Morgan fingerprint density at radius 2 is 1.96 bits per heavy atom. The Kier molecular flexibility index (Phi) is 3.58. The van der Waals surface area contributed by atoms with Crippen LogP contribution in [0.2, 0.25) is 0 Å². The molecule has 4 unspecified atom stereocenters. The topological polar surface area (TPSA) is 88.6 Å². The lowest BCUT2D eigenvalue weighted by atomic mass is 9.85. The van der Waals surface area contributed by atoms with Crippen molar-refractivity contribution in [1.82, 2.24) is 9.88 Å². The van der Waals surface area contributed by atoms with Crippen LogP contribution in [-0.2, 0) is 14.4 Å². The molecule has 0 radical (unpaired) electrons. The summed E-state index contributed by atoms with van der Waals surface area (Å²) < 4.78 is 6.07. The number of carbonyl (C=O) groups excluding carboxylic acids is 3. The Labute approximate surface area is 159 Å². The molecule has 27 heavy (non-hydrogen) atoms. The lowest BCUT2D eigenvalue weighted by Gasteiger charge is -2.16. The third-order valence-corrected chi connectivity index (χ3v) is 6.64. The van der Waals surface area contributed by atoms with E-state index in [0.717, 1.165) is 21.5 Å². The molecule has 3 aliphatic rings. The van der Waals surface area contributed by atoms with Crippen LogP contribution in [0.1, 0.15) is 6.42 Å². The fraction of sp³-hybridized carbons (Fsp3) is 0.368. The zero-order valence-corrected chi connectivity index (χ0v) is 15.4. The van der Waals surface area contributed by atoms with Crippen LogP contribution < -0.4 is 10.1 Å². The summed E-state index contributed by atoms with van der Waals surface area (Å²) in [5, 5.41) is 3.14. The minimum absolute atomic E-state index is 0.142. The Hall–Kier alpha value is -2.74. The number of carbonyl (C=O) groups is 3. The first-order valence-corrected chi connectivity index (χ1v) is 9.65. The Balaban J connectivity index is 1.30. The number of benzene rings is 1. The number of fused-ring (bicyclic) bond motifs is 6. The highest BCUT2D eigenvalue weighted by atomic mass is 32.1. The van der Waals surface area contributed by atoms with Crippen molar-refractivity contribution in [3.63, 3.8) is 0 Å². The molecular weight excluding hydrogens is 366 g/mol. The van der Waals surface area contributed by atoms with Gasteiger partial charge in [0.15, 0.2) is 5.13 Å². The molecule has 0 spiro atoms. The third kappa shape index (κ3) is 2.47. The minimum Gasteiger partial charge on any atom is -0.497 e. The van der Waals surface area contributed by atoms with Crippen molar-refractivity contribution in [2.24, 2.45) is 23.7 Å². The third-order valence-electron chi connectivity index (χ3n) is 5.71. The number of thiazole rings is 1. The number of methoxy groups -OCH3 is 1. The van der Waals surface area contributed by atoms with Gasteiger partial charge in [0.2, 0.25) is 17.7 Å². The maximum atomic E-state index is 12.7. The molecule has 1 saturated heterocycles. The van der Waals surface area contributed by atoms with E-state index in [1.165, 1.54) is 11.3 Å². The van der Waals surface area contributed by atoms with Crippen LogP contribution in [0.25, 0.3) is 10.2 Å². The molecule has 1 saturated carbocycles. The maximum absolute atomic E-state index is 12.7. The predicted octanol–water partition coefficient (Wildman–Crippen LogP) is 2.05. The Morgan fingerprint density at radius 1 is 1.26 bits per heavy atom. The van der Waals surface area contributed by atoms with Crippen LogP contribution >= 0.6 is 11.3 Å². The minimum atomic E-state index is -0.414. The van der Waals surface area contributed by atoms with Gasteiger partial charge in [0.25, 0.3) is 0 Å². The van der Waals surface area contributed by atoms with Gasteiger partial charge in [-0.1, -0.05) is 23.5 Å². The second-order valence-electron chi connectivity index (χ2n) is 7.16. The lowest BCUT2D eigenvalue weighted by Crippen LogP contribution is -2.39. The number of anilines is 1. The van der Waals surface area contributed by atoms with E-state index in [1.807, 2.05) is 24.3 Å². The number of allylic oxidation sites excluding steroid dienone is 2. The van der Waals surface area contributed by atoms with Crippen molar-refractivity contribution >= 4 is 44.4 Å². The van der Waals surface area contributed by atoms with Crippen LogP contribution in [0.4, 0.5) is 5.13 Å². The van der Waals surface area contributed by atoms with Crippen molar-refractivity contribution in [2.45, 2.75) is 6.42 Å². The molecule has 2 aromatic rings. The summed E-state index contributed by atoms with van der Waals surface area (Å²) >= 11 is 1.32. The highest BCUT2D eigenvalue weighted by Crippen LogP contribution is 2.52. The molecule has 5 rings (SSSR count). The molecule has 2 heterocycles. The normalized spacial score (nSPS) is 28.3. The quantitative estimate of drug-likeness (QED) is 0.645. The van der Waals surface area contributed by atoms with E-state index >= 15 is 0 Å². The highest BCUT2D eigenvalue weighted by Gasteiger charge is 2.59. The molecule has 7 nitrogen and oxygen atoms in total. The van der Waals surface area contributed by atoms with E-state index in [1.54, 1.807) is 13.2 Å². The van der Waals surface area contributed by atoms with Gasteiger partial charge < -0.3 is 10.1 Å². The zero-order chi connectivity index (χ0) is 18.7. The van der Waals surface area contributed by atoms with E-state index < -0.39 is 5.91 Å². The van der Waals surface area contributed by atoms with Crippen molar-refractivity contribution < 1.29 is 19.1 Å². The molecule has 8 heteroatoms. The Morgan fingerprint density at radius 3 is 2.63 bits per heavy atom. The molecule has 1 aliphatic heterocycles. The number of nitrogens with one attached hydrogen (secondary N) is 1. The summed E-state index contributed by atoms with van der Waals surface area (Å²) in [4.78, 5) is 43.2. The van der Waals surface area contributed by atoms with E-state index in [-0.39, 0.29) is 42.0 Å². The molecule has 1 aromatic carbocycles. The molecule has 1 aromatic heterocycles. The monoisotopic (exact) mass is 383 g/mol. The summed E-state index contributed by atoms with van der Waals surface area (Å²) in [5.74, 6) is -0.412. The summed E-state index contributed by atoms with van der Waals surface area (Å²) in [6, 6.07) is 5.47. The highest BCUT2D eigenvalue weighted by molar-refractivity contribution is 7.22. The van der Waals surface area contributed by atoms with Gasteiger partial charge >= 0.3 is 0 Å². The average Bonchev–Trinajstić information content (AvgIpc) is 3.40. The first kappa shape index (κ1) is 16.4. The standard InChI is InChI=1S/C19H17N3O4S/c1-26-11-4-5-12-13(7-11)27-19(20-12)21-14(23)8-22-17(24)15-9-2-3-10(6-9)16(15)18(22)25/h2-5,7,9-10,15-16H,6,8H2,1H3,(H,20,21,23). The summed E-state index contributed by atoms with van der Waals surface area (Å²) in [6.07, 6.45) is 4.95. The van der Waals surface area contributed by atoms with E-state index in [2.05, 4.69) is 10.3 Å². The van der Waals surface area contributed by atoms with Gasteiger partial charge in [-0.2, -0.15) is 0 Å². The summed E-state index contributed by atoms with van der Waals surface area (Å²) in [7, 11) is 1.59. The number of ether oxygens (including phenoxy) is 1. The van der Waals surface area contributed by atoms with Gasteiger partial charge in [0.1, 0.15) is 12.3 Å². The van der Waals surface area contributed by atoms with Crippen molar-refractivity contribution in [3.8, 4) is 5.75 Å². The Bertz CT molecular complexity index is 984. The number of hydrogen-bond acceptors (Lipinski definition) is 6. The smallest absolute Gasteiger partial charge is 0.246 e.